The van der Waals surface area contributed by atoms with Crippen molar-refractivity contribution in [3.8, 4) is 0 Å². The molecule has 1 unspecified atom stereocenters. The first-order valence-corrected chi connectivity index (χ1v) is 7.06. The molecule has 110 valence electrons. The molecule has 0 spiro atoms. The Labute approximate surface area is 119 Å². The third kappa shape index (κ3) is 2.21. The third-order valence-corrected chi connectivity index (χ3v) is 5.05. The monoisotopic (exact) mass is 278 g/mol. The highest BCUT2D eigenvalue weighted by Gasteiger charge is 2.51. The van der Waals surface area contributed by atoms with Crippen molar-refractivity contribution in [2.24, 2.45) is 22.7 Å². The first kappa shape index (κ1) is 14.9. The number of carbonyl (C=O) groups is 3. The number of hydrogen-bond donors (Lipinski definition) is 1. The van der Waals surface area contributed by atoms with Gasteiger partial charge in [-0.2, -0.15) is 0 Å². The molecule has 0 amide bonds. The number of carbonyl (C=O) groups excluding carboxylic acids is 2. The summed E-state index contributed by atoms with van der Waals surface area (Å²) in [6, 6.07) is 0. The zero-order chi connectivity index (χ0) is 15.3. The van der Waals surface area contributed by atoms with Gasteiger partial charge < -0.3 is 9.90 Å². The summed E-state index contributed by atoms with van der Waals surface area (Å²) in [5, 5.41) is 9.02. The van der Waals surface area contributed by atoms with Crippen LogP contribution in [0.5, 0.6) is 0 Å². The van der Waals surface area contributed by atoms with Gasteiger partial charge in [-0.05, 0) is 50.4 Å². The van der Waals surface area contributed by atoms with E-state index < -0.39 is 17.2 Å². The lowest BCUT2D eigenvalue weighted by molar-refractivity contribution is -0.148. The van der Waals surface area contributed by atoms with Gasteiger partial charge in [0.15, 0.2) is 0 Å². The summed E-state index contributed by atoms with van der Waals surface area (Å²) in [5.74, 6) is -1.79. The molecule has 0 radical (unpaired) electrons. The number of carboxylic acid groups (broad SMARTS) is 1. The molecule has 2 aliphatic rings. The lowest BCUT2D eigenvalue weighted by Crippen LogP contribution is -2.38. The van der Waals surface area contributed by atoms with E-state index in [1.54, 1.807) is 6.92 Å². The van der Waals surface area contributed by atoms with Crippen LogP contribution in [0, 0.1) is 22.7 Å². The molecule has 0 heterocycles. The van der Waals surface area contributed by atoms with E-state index in [2.05, 4.69) is 13.8 Å². The average molecular weight is 278 g/mol. The van der Waals surface area contributed by atoms with Gasteiger partial charge in [-0.1, -0.05) is 19.4 Å². The number of ketones is 1. The van der Waals surface area contributed by atoms with Crippen LogP contribution >= 0.6 is 0 Å². The molecule has 0 aromatic heterocycles. The van der Waals surface area contributed by atoms with E-state index in [1.165, 1.54) is 0 Å². The van der Waals surface area contributed by atoms with Crippen molar-refractivity contribution in [2.45, 2.75) is 47.0 Å². The quantitative estimate of drug-likeness (QED) is 0.636. The second-order valence-electron chi connectivity index (χ2n) is 7.37. The summed E-state index contributed by atoms with van der Waals surface area (Å²) in [7, 11) is 0. The molecule has 2 aliphatic carbocycles. The van der Waals surface area contributed by atoms with E-state index in [-0.39, 0.29) is 16.9 Å². The molecule has 1 N–H and O–H groups in total. The molecule has 0 saturated heterocycles. The minimum absolute atomic E-state index is 0.183. The van der Waals surface area contributed by atoms with Crippen LogP contribution in [0.3, 0.4) is 0 Å². The molecule has 0 bridgehead atoms. The Morgan fingerprint density at radius 3 is 2.30 bits per heavy atom. The molecule has 0 aliphatic heterocycles. The summed E-state index contributed by atoms with van der Waals surface area (Å²) < 4.78 is 0. The van der Waals surface area contributed by atoms with Crippen molar-refractivity contribution in [1.82, 2.24) is 0 Å². The van der Waals surface area contributed by atoms with E-state index in [4.69, 9.17) is 5.11 Å². The van der Waals surface area contributed by atoms with Crippen molar-refractivity contribution in [2.75, 3.05) is 0 Å². The zero-order valence-corrected chi connectivity index (χ0v) is 12.5. The van der Waals surface area contributed by atoms with Gasteiger partial charge in [0.1, 0.15) is 6.29 Å². The molecular formula is C16H22O4. The van der Waals surface area contributed by atoms with E-state index in [0.717, 1.165) is 24.7 Å². The lowest BCUT2D eigenvalue weighted by atomic mass is 9.63. The Bertz CT molecular complexity index is 515. The van der Waals surface area contributed by atoms with Gasteiger partial charge in [-0.15, -0.1) is 0 Å². The minimum atomic E-state index is -1.47. The molecule has 2 rings (SSSR count). The van der Waals surface area contributed by atoms with Crippen LogP contribution in [0.25, 0.3) is 0 Å². The average Bonchev–Trinajstić information content (AvgIpc) is 2.63. The van der Waals surface area contributed by atoms with Crippen LogP contribution in [-0.4, -0.2) is 23.1 Å². The summed E-state index contributed by atoms with van der Waals surface area (Å²) in [5.41, 5.74) is 0.260. The SMILES string of the molecule is CC1=C(C(=O)C(=O)O)C(C)(C=O)C[C@@H]2CC(C)(C)C[C@H]12. The van der Waals surface area contributed by atoms with Gasteiger partial charge in [-0.25, -0.2) is 4.79 Å². The summed E-state index contributed by atoms with van der Waals surface area (Å²) in [4.78, 5) is 34.6. The molecule has 0 aromatic carbocycles. The normalized spacial score (nSPS) is 35.6. The summed E-state index contributed by atoms with van der Waals surface area (Å²) in [6.07, 6.45) is 3.31. The number of aliphatic carboxylic acids is 1. The van der Waals surface area contributed by atoms with Crippen LogP contribution in [-0.2, 0) is 14.4 Å². The van der Waals surface area contributed by atoms with Crippen LogP contribution in [0.1, 0.15) is 47.0 Å². The Balaban J connectivity index is 2.54. The molecule has 0 aromatic rings. The first-order chi connectivity index (χ1) is 9.11. The summed E-state index contributed by atoms with van der Waals surface area (Å²) >= 11 is 0. The van der Waals surface area contributed by atoms with E-state index in [9.17, 15) is 14.4 Å². The topological polar surface area (TPSA) is 71.4 Å². The lowest BCUT2D eigenvalue weighted by Gasteiger charge is -2.38. The Morgan fingerprint density at radius 1 is 1.20 bits per heavy atom. The largest absolute Gasteiger partial charge is 0.475 e. The van der Waals surface area contributed by atoms with Gasteiger partial charge in [0.2, 0.25) is 0 Å². The predicted molar refractivity (Wildman–Crippen MR) is 74.1 cm³/mol. The fourth-order valence-corrected chi connectivity index (χ4v) is 4.35. The molecule has 4 nitrogen and oxygen atoms in total. The highest BCUT2D eigenvalue weighted by molar-refractivity contribution is 6.40. The second kappa shape index (κ2) is 4.54. The van der Waals surface area contributed by atoms with Crippen molar-refractivity contribution < 1.29 is 19.5 Å². The maximum atomic E-state index is 12.0. The standard InChI is InChI=1S/C16H22O4/c1-9-11-7-15(2,3)5-10(11)6-16(4,8-17)12(9)13(18)14(19)20/h8,10-11H,5-7H2,1-4H3,(H,19,20)/t10-,11+,16?/m0/s1. The number of hydrogen-bond acceptors (Lipinski definition) is 3. The Kier molecular flexibility index (Phi) is 3.39. The number of aldehydes is 1. The number of Topliss-reactive ketones (excluding diaryl/α,β-unsaturated/α-hetero) is 1. The fourth-order valence-electron chi connectivity index (χ4n) is 4.35. The first-order valence-electron chi connectivity index (χ1n) is 7.06. The third-order valence-electron chi connectivity index (χ3n) is 5.05. The number of fused-ring (bicyclic) bond motifs is 1. The highest BCUT2D eigenvalue weighted by atomic mass is 16.4. The van der Waals surface area contributed by atoms with E-state index >= 15 is 0 Å². The minimum Gasteiger partial charge on any atom is -0.475 e. The molecular weight excluding hydrogens is 256 g/mol. The molecule has 1 saturated carbocycles. The molecule has 4 heteroatoms. The zero-order valence-electron chi connectivity index (χ0n) is 12.5. The maximum Gasteiger partial charge on any atom is 0.376 e. The van der Waals surface area contributed by atoms with Gasteiger partial charge in [0.25, 0.3) is 5.78 Å². The van der Waals surface area contributed by atoms with Gasteiger partial charge in [0.05, 0.1) is 5.41 Å². The van der Waals surface area contributed by atoms with Crippen molar-refractivity contribution in [3.05, 3.63) is 11.1 Å². The second-order valence-corrected chi connectivity index (χ2v) is 7.37. The highest BCUT2D eigenvalue weighted by Crippen LogP contribution is 2.56. The van der Waals surface area contributed by atoms with Gasteiger partial charge in [0, 0.05) is 5.57 Å². The number of carboxylic acids is 1. The molecule has 20 heavy (non-hydrogen) atoms. The van der Waals surface area contributed by atoms with E-state index in [0.29, 0.717) is 12.3 Å². The summed E-state index contributed by atoms with van der Waals surface area (Å²) in [6.45, 7) is 7.91. The number of rotatable bonds is 3. The fraction of sp³-hybridized carbons (Fsp3) is 0.688. The number of allylic oxidation sites excluding steroid dienone is 1. The molecule has 3 atom stereocenters. The van der Waals surface area contributed by atoms with Crippen molar-refractivity contribution >= 4 is 18.0 Å². The Morgan fingerprint density at radius 2 is 1.80 bits per heavy atom. The van der Waals surface area contributed by atoms with Crippen LogP contribution in [0.15, 0.2) is 11.1 Å². The van der Waals surface area contributed by atoms with Crippen LogP contribution < -0.4 is 0 Å². The maximum absolute atomic E-state index is 12.0. The van der Waals surface area contributed by atoms with Crippen LogP contribution in [0.2, 0.25) is 0 Å². The predicted octanol–water partition coefficient (Wildman–Crippen LogP) is 2.62. The van der Waals surface area contributed by atoms with Crippen molar-refractivity contribution in [1.29, 1.82) is 0 Å². The van der Waals surface area contributed by atoms with E-state index in [1.807, 2.05) is 6.92 Å². The molecule has 1 fully saturated rings. The smallest absolute Gasteiger partial charge is 0.376 e. The van der Waals surface area contributed by atoms with Gasteiger partial charge in [-0.3, -0.25) is 4.79 Å². The van der Waals surface area contributed by atoms with Crippen molar-refractivity contribution in [3.63, 3.8) is 0 Å². The van der Waals surface area contributed by atoms with Crippen LogP contribution in [0.4, 0.5) is 0 Å². The Hall–Kier alpha value is -1.45. The van der Waals surface area contributed by atoms with Gasteiger partial charge >= 0.3 is 5.97 Å².